The average molecular weight is 170 g/mol. The Morgan fingerprint density at radius 2 is 2.45 bits per heavy atom. The Hall–Kier alpha value is -0.410. The van der Waals surface area contributed by atoms with E-state index in [1.807, 2.05) is 6.92 Å². The van der Waals surface area contributed by atoms with Crippen LogP contribution in [0.5, 0.6) is 0 Å². The van der Waals surface area contributed by atoms with E-state index in [9.17, 15) is 0 Å². The lowest BCUT2D eigenvalue weighted by molar-refractivity contribution is 0.624. The first-order valence-electron chi connectivity index (χ1n) is 3.91. The Morgan fingerprint density at radius 3 is 2.91 bits per heavy atom. The van der Waals surface area contributed by atoms with Crippen molar-refractivity contribution >= 4 is 11.3 Å². The first-order valence-corrected chi connectivity index (χ1v) is 4.79. The molecule has 11 heavy (non-hydrogen) atoms. The zero-order valence-electron chi connectivity index (χ0n) is 7.00. The monoisotopic (exact) mass is 170 g/mol. The summed E-state index contributed by atoms with van der Waals surface area (Å²) in [6.45, 7) is 4.14. The molecule has 0 aromatic carbocycles. The molecule has 1 heterocycles. The van der Waals surface area contributed by atoms with E-state index in [-0.39, 0.29) is 6.04 Å². The Balaban J connectivity index is 2.60. The topological polar surface area (TPSA) is 38.9 Å². The summed E-state index contributed by atoms with van der Waals surface area (Å²) in [6, 6.07) is 0.143. The highest BCUT2D eigenvalue weighted by Crippen LogP contribution is 2.17. The van der Waals surface area contributed by atoms with E-state index in [2.05, 4.69) is 17.3 Å². The second-order valence-corrected chi connectivity index (χ2v) is 3.75. The molecule has 0 bridgehead atoms. The van der Waals surface area contributed by atoms with Gasteiger partial charge in [-0.2, -0.15) is 0 Å². The summed E-state index contributed by atoms with van der Waals surface area (Å²) in [5, 5.41) is 3.15. The molecular weight excluding hydrogens is 156 g/mol. The molecule has 1 rings (SSSR count). The van der Waals surface area contributed by atoms with Crippen molar-refractivity contribution in [3.8, 4) is 0 Å². The molecule has 0 fully saturated rings. The van der Waals surface area contributed by atoms with Gasteiger partial charge in [0.1, 0.15) is 0 Å². The number of hydrogen-bond acceptors (Lipinski definition) is 3. The van der Waals surface area contributed by atoms with Gasteiger partial charge in [-0.15, -0.1) is 11.3 Å². The quantitative estimate of drug-likeness (QED) is 0.755. The normalized spacial score (nSPS) is 13.4. The molecule has 0 aliphatic heterocycles. The molecule has 62 valence electrons. The predicted molar refractivity (Wildman–Crippen MR) is 48.7 cm³/mol. The van der Waals surface area contributed by atoms with Crippen LogP contribution in [0.1, 0.15) is 36.5 Å². The Kier molecular flexibility index (Phi) is 3.02. The summed E-state index contributed by atoms with van der Waals surface area (Å²) in [6.07, 6.45) is 2.15. The van der Waals surface area contributed by atoms with Crippen molar-refractivity contribution in [2.75, 3.05) is 0 Å². The third kappa shape index (κ3) is 2.27. The number of aromatic nitrogens is 1. The number of nitrogens with zero attached hydrogens (tertiary/aromatic N) is 1. The van der Waals surface area contributed by atoms with Gasteiger partial charge in [0.2, 0.25) is 0 Å². The molecule has 0 unspecified atom stereocenters. The van der Waals surface area contributed by atoms with E-state index in [1.54, 1.807) is 11.3 Å². The number of hydrogen-bond donors (Lipinski definition) is 1. The summed E-state index contributed by atoms with van der Waals surface area (Å²) in [7, 11) is 0. The van der Waals surface area contributed by atoms with Crippen LogP contribution in [-0.4, -0.2) is 4.98 Å². The molecule has 2 nitrogen and oxygen atoms in total. The van der Waals surface area contributed by atoms with Gasteiger partial charge in [-0.05, 0) is 13.3 Å². The maximum Gasteiger partial charge on any atom is 0.0898 e. The van der Waals surface area contributed by atoms with Gasteiger partial charge in [0.15, 0.2) is 0 Å². The van der Waals surface area contributed by atoms with Crippen molar-refractivity contribution < 1.29 is 0 Å². The molecular formula is C8H14N2S. The summed E-state index contributed by atoms with van der Waals surface area (Å²) in [5.41, 5.74) is 6.91. The second-order valence-electron chi connectivity index (χ2n) is 2.69. The Labute approximate surface area is 71.5 Å². The predicted octanol–water partition coefficient (Wildman–Crippen LogP) is 2.25. The molecule has 0 aliphatic rings. The summed E-state index contributed by atoms with van der Waals surface area (Å²) in [5.74, 6) is 0. The van der Waals surface area contributed by atoms with Crippen LogP contribution >= 0.6 is 11.3 Å². The van der Waals surface area contributed by atoms with Gasteiger partial charge in [0.25, 0.3) is 0 Å². The van der Waals surface area contributed by atoms with Crippen LogP contribution < -0.4 is 5.73 Å². The van der Waals surface area contributed by atoms with Crippen molar-refractivity contribution in [3.05, 3.63) is 16.1 Å². The third-order valence-corrected chi connectivity index (χ3v) is 2.41. The standard InChI is InChI=1S/C8H14N2S/c1-3-4-7(9)8-5-11-6(2)10-8/h5,7H,3-4,9H2,1-2H3/t7-/m1/s1. The fourth-order valence-corrected chi connectivity index (χ4v) is 1.69. The lowest BCUT2D eigenvalue weighted by atomic mass is 10.1. The first kappa shape index (κ1) is 8.68. The molecule has 0 aliphatic carbocycles. The van der Waals surface area contributed by atoms with E-state index in [0.29, 0.717) is 0 Å². The van der Waals surface area contributed by atoms with Crippen molar-refractivity contribution in [1.82, 2.24) is 4.98 Å². The molecule has 0 spiro atoms. The maximum absolute atomic E-state index is 5.86. The van der Waals surface area contributed by atoms with Crippen molar-refractivity contribution in [1.29, 1.82) is 0 Å². The van der Waals surface area contributed by atoms with E-state index in [4.69, 9.17) is 5.73 Å². The molecule has 3 heteroatoms. The van der Waals surface area contributed by atoms with Gasteiger partial charge in [-0.1, -0.05) is 13.3 Å². The van der Waals surface area contributed by atoms with Crippen LogP contribution in [0.15, 0.2) is 5.38 Å². The average Bonchev–Trinajstić information content (AvgIpc) is 2.36. The Bertz CT molecular complexity index is 220. The van der Waals surface area contributed by atoms with Gasteiger partial charge in [-0.3, -0.25) is 0 Å². The molecule has 0 saturated carbocycles. The van der Waals surface area contributed by atoms with Gasteiger partial charge in [0, 0.05) is 11.4 Å². The first-order chi connectivity index (χ1) is 5.24. The van der Waals surface area contributed by atoms with Crippen LogP contribution in [0.3, 0.4) is 0 Å². The zero-order chi connectivity index (χ0) is 8.27. The minimum absolute atomic E-state index is 0.143. The van der Waals surface area contributed by atoms with Crippen molar-refractivity contribution in [2.45, 2.75) is 32.7 Å². The van der Waals surface area contributed by atoms with Gasteiger partial charge in [-0.25, -0.2) is 4.98 Å². The highest BCUT2D eigenvalue weighted by atomic mass is 32.1. The lowest BCUT2D eigenvalue weighted by Gasteiger charge is -2.04. The largest absolute Gasteiger partial charge is 0.323 e. The smallest absolute Gasteiger partial charge is 0.0898 e. The highest BCUT2D eigenvalue weighted by molar-refractivity contribution is 7.09. The van der Waals surface area contributed by atoms with Gasteiger partial charge >= 0.3 is 0 Å². The van der Waals surface area contributed by atoms with E-state index in [1.165, 1.54) is 0 Å². The van der Waals surface area contributed by atoms with Crippen LogP contribution in [-0.2, 0) is 0 Å². The maximum atomic E-state index is 5.86. The van der Waals surface area contributed by atoms with Gasteiger partial charge < -0.3 is 5.73 Å². The van der Waals surface area contributed by atoms with E-state index < -0.39 is 0 Å². The van der Waals surface area contributed by atoms with Crippen molar-refractivity contribution in [3.63, 3.8) is 0 Å². The molecule has 2 N–H and O–H groups in total. The number of aryl methyl sites for hydroxylation is 1. The zero-order valence-corrected chi connectivity index (χ0v) is 7.82. The van der Waals surface area contributed by atoms with E-state index >= 15 is 0 Å². The summed E-state index contributed by atoms with van der Waals surface area (Å²) >= 11 is 1.67. The van der Waals surface area contributed by atoms with Crippen molar-refractivity contribution in [2.24, 2.45) is 5.73 Å². The van der Waals surface area contributed by atoms with E-state index in [0.717, 1.165) is 23.5 Å². The number of rotatable bonds is 3. The SMILES string of the molecule is CCC[C@@H](N)c1csc(C)n1. The minimum Gasteiger partial charge on any atom is -0.323 e. The molecule has 1 aromatic heterocycles. The van der Waals surface area contributed by atoms with Crippen LogP contribution in [0.25, 0.3) is 0 Å². The van der Waals surface area contributed by atoms with Crippen LogP contribution in [0.4, 0.5) is 0 Å². The highest BCUT2D eigenvalue weighted by Gasteiger charge is 2.06. The molecule has 1 atom stereocenters. The molecule has 1 aromatic rings. The molecule has 0 saturated heterocycles. The molecule has 0 amide bonds. The Morgan fingerprint density at radius 1 is 1.73 bits per heavy atom. The summed E-state index contributed by atoms with van der Waals surface area (Å²) in [4.78, 5) is 4.32. The minimum atomic E-state index is 0.143. The number of thiazole rings is 1. The fraction of sp³-hybridized carbons (Fsp3) is 0.625. The van der Waals surface area contributed by atoms with Crippen LogP contribution in [0.2, 0.25) is 0 Å². The second kappa shape index (κ2) is 3.83. The third-order valence-electron chi connectivity index (χ3n) is 1.62. The molecule has 0 radical (unpaired) electrons. The lowest BCUT2D eigenvalue weighted by Crippen LogP contribution is -2.09. The number of nitrogens with two attached hydrogens (primary N) is 1. The summed E-state index contributed by atoms with van der Waals surface area (Å²) < 4.78 is 0. The van der Waals surface area contributed by atoms with Crippen LogP contribution in [0, 0.1) is 6.92 Å². The fourth-order valence-electron chi connectivity index (χ4n) is 1.01. The van der Waals surface area contributed by atoms with Gasteiger partial charge in [0.05, 0.1) is 10.7 Å².